The maximum Gasteiger partial charge on any atom is 0.417 e. The van der Waals surface area contributed by atoms with Crippen LogP contribution < -0.4 is 20.7 Å². The van der Waals surface area contributed by atoms with Crippen LogP contribution in [0, 0.1) is 0 Å². The van der Waals surface area contributed by atoms with E-state index in [1.54, 1.807) is 30.3 Å². The topological polar surface area (TPSA) is 92.4 Å². The van der Waals surface area contributed by atoms with Gasteiger partial charge in [-0.25, -0.2) is 0 Å². The van der Waals surface area contributed by atoms with Crippen molar-refractivity contribution in [3.05, 3.63) is 77.1 Å². The number of carbonyl (C=O) groups is 2. The van der Waals surface area contributed by atoms with Crippen LogP contribution in [0.2, 0.25) is 5.02 Å². The van der Waals surface area contributed by atoms with Gasteiger partial charge >= 0.3 is 6.18 Å². The molecule has 0 saturated heterocycles. The lowest BCUT2D eigenvalue weighted by Gasteiger charge is -2.37. The summed E-state index contributed by atoms with van der Waals surface area (Å²) in [6.07, 6.45) is 0.511. The smallest absolute Gasteiger partial charge is 0.417 e. The normalized spacial score (nSPS) is 14.9. The van der Waals surface area contributed by atoms with E-state index in [9.17, 15) is 22.8 Å². The fourth-order valence-corrected chi connectivity index (χ4v) is 4.67. The number of anilines is 2. The molecule has 38 heavy (non-hydrogen) atoms. The van der Waals surface area contributed by atoms with Crippen LogP contribution >= 0.6 is 11.6 Å². The minimum Gasteiger partial charge on any atom is -0.457 e. The van der Waals surface area contributed by atoms with E-state index >= 15 is 0 Å². The van der Waals surface area contributed by atoms with E-state index in [4.69, 9.17) is 16.3 Å². The molecule has 200 valence electrons. The molecule has 0 spiro atoms. The fraction of sp³-hybridized carbons (Fsp3) is 0.296. The van der Waals surface area contributed by atoms with E-state index in [0.717, 1.165) is 25.3 Å². The molecule has 4 rings (SSSR count). The second-order valence-corrected chi connectivity index (χ2v) is 9.40. The van der Waals surface area contributed by atoms with E-state index < -0.39 is 22.3 Å². The molecule has 0 atom stereocenters. The molecule has 0 aliphatic heterocycles. The first-order valence-corrected chi connectivity index (χ1v) is 12.4. The third-order valence-electron chi connectivity index (χ3n) is 6.34. The Bertz CT molecular complexity index is 1310. The first-order valence-electron chi connectivity index (χ1n) is 12.0. The number of ether oxygens (including phenoxy) is 1. The number of nitrogens with zero attached hydrogens (tertiary/aromatic N) is 1. The molecule has 1 fully saturated rings. The van der Waals surface area contributed by atoms with E-state index in [1.807, 2.05) is 0 Å². The molecule has 1 saturated carbocycles. The van der Waals surface area contributed by atoms with Crippen molar-refractivity contribution in [1.82, 2.24) is 10.3 Å². The average Bonchev–Trinajstić information content (AvgIpc) is 2.89. The summed E-state index contributed by atoms with van der Waals surface area (Å²) >= 11 is 5.90. The summed E-state index contributed by atoms with van der Waals surface area (Å²) in [6.45, 7) is 0. The van der Waals surface area contributed by atoms with Gasteiger partial charge < -0.3 is 20.7 Å². The van der Waals surface area contributed by atoms with Crippen molar-refractivity contribution >= 4 is 34.8 Å². The molecule has 1 aliphatic carbocycles. The van der Waals surface area contributed by atoms with E-state index in [-0.39, 0.29) is 17.5 Å². The van der Waals surface area contributed by atoms with Crippen LogP contribution in [-0.4, -0.2) is 29.4 Å². The standard InChI is InChI=1S/C27H26ClF3N4O3/c1-32-24(36)23-16-20(11-14-33-23)38-19-8-5-17(6-9-19)34-25(37)26(12-3-2-4-13-26)35-18-7-10-21(22(28)15-18)27(29,30)31/h5-11,14-16,35H,2-4,12-13H2,1H3,(H,32,36)(H,34,37). The van der Waals surface area contributed by atoms with Crippen molar-refractivity contribution in [2.75, 3.05) is 17.7 Å². The lowest BCUT2D eigenvalue weighted by atomic mass is 9.80. The van der Waals surface area contributed by atoms with Gasteiger partial charge in [-0.15, -0.1) is 0 Å². The summed E-state index contributed by atoms with van der Waals surface area (Å²) < 4.78 is 45.1. The van der Waals surface area contributed by atoms with Gasteiger partial charge in [0.15, 0.2) is 0 Å². The second-order valence-electron chi connectivity index (χ2n) is 9.00. The molecule has 2 aromatic carbocycles. The van der Waals surface area contributed by atoms with E-state index in [2.05, 4.69) is 20.9 Å². The summed E-state index contributed by atoms with van der Waals surface area (Å²) in [6, 6.07) is 13.2. The molecule has 0 unspecified atom stereocenters. The maximum atomic E-state index is 13.4. The van der Waals surface area contributed by atoms with Gasteiger partial charge in [0.1, 0.15) is 22.7 Å². The van der Waals surface area contributed by atoms with Crippen molar-refractivity contribution in [1.29, 1.82) is 0 Å². The molecule has 2 amide bonds. The Kier molecular flexibility index (Phi) is 8.11. The highest BCUT2D eigenvalue weighted by atomic mass is 35.5. The molecule has 3 N–H and O–H groups in total. The van der Waals surface area contributed by atoms with Crippen LogP contribution in [-0.2, 0) is 11.0 Å². The van der Waals surface area contributed by atoms with E-state index in [1.165, 1.54) is 31.4 Å². The van der Waals surface area contributed by atoms with Crippen LogP contribution in [0.1, 0.15) is 48.2 Å². The summed E-state index contributed by atoms with van der Waals surface area (Å²) in [5, 5.41) is 8.15. The summed E-state index contributed by atoms with van der Waals surface area (Å²) in [5.41, 5.74) is -0.832. The van der Waals surface area contributed by atoms with Gasteiger partial charge in [0, 0.05) is 30.7 Å². The van der Waals surface area contributed by atoms with Crippen molar-refractivity contribution in [2.45, 2.75) is 43.8 Å². The van der Waals surface area contributed by atoms with Gasteiger partial charge in [-0.2, -0.15) is 13.2 Å². The van der Waals surface area contributed by atoms with Gasteiger partial charge in [0.25, 0.3) is 5.91 Å². The van der Waals surface area contributed by atoms with E-state index in [0.29, 0.717) is 35.7 Å². The lowest BCUT2D eigenvalue weighted by Crippen LogP contribution is -2.51. The Labute approximate surface area is 222 Å². The van der Waals surface area contributed by atoms with Crippen LogP contribution in [0.3, 0.4) is 0 Å². The predicted molar refractivity (Wildman–Crippen MR) is 139 cm³/mol. The Morgan fingerprint density at radius 2 is 1.63 bits per heavy atom. The summed E-state index contributed by atoms with van der Waals surface area (Å²) in [7, 11) is 1.51. The molecule has 0 bridgehead atoms. The number of amides is 2. The Morgan fingerprint density at radius 3 is 2.26 bits per heavy atom. The SMILES string of the molecule is CNC(=O)c1cc(Oc2ccc(NC(=O)C3(Nc4ccc(C(F)(F)F)c(Cl)c4)CCCCC3)cc2)ccn1. The van der Waals surface area contributed by atoms with Crippen molar-refractivity contribution < 1.29 is 27.5 Å². The molecular formula is C27H26ClF3N4O3. The zero-order valence-electron chi connectivity index (χ0n) is 20.5. The molecule has 1 aliphatic rings. The number of alkyl halides is 3. The molecule has 7 nitrogen and oxygen atoms in total. The fourth-order valence-electron chi connectivity index (χ4n) is 4.38. The van der Waals surface area contributed by atoms with Gasteiger partial charge in [0.05, 0.1) is 10.6 Å². The minimum absolute atomic E-state index is 0.216. The monoisotopic (exact) mass is 546 g/mol. The van der Waals surface area contributed by atoms with Gasteiger partial charge in [0.2, 0.25) is 5.91 Å². The number of hydrogen-bond donors (Lipinski definition) is 3. The quantitative estimate of drug-likeness (QED) is 0.308. The highest BCUT2D eigenvalue weighted by Gasteiger charge is 2.40. The molecular weight excluding hydrogens is 521 g/mol. The van der Waals surface area contributed by atoms with Gasteiger partial charge in [-0.05, 0) is 61.4 Å². The summed E-state index contributed by atoms with van der Waals surface area (Å²) in [5.74, 6) is 0.293. The number of aromatic nitrogens is 1. The number of halogens is 4. The molecule has 3 aromatic rings. The van der Waals surface area contributed by atoms with Crippen LogP contribution in [0.4, 0.5) is 24.5 Å². The second kappa shape index (κ2) is 11.3. The molecule has 1 heterocycles. The number of rotatable bonds is 7. The summed E-state index contributed by atoms with van der Waals surface area (Å²) in [4.78, 5) is 29.2. The van der Waals surface area contributed by atoms with Gasteiger partial charge in [-0.1, -0.05) is 30.9 Å². The third-order valence-corrected chi connectivity index (χ3v) is 6.65. The Balaban J connectivity index is 1.47. The number of benzene rings is 2. The average molecular weight is 547 g/mol. The first kappa shape index (κ1) is 27.3. The lowest BCUT2D eigenvalue weighted by molar-refractivity contribution is -0.137. The van der Waals surface area contributed by atoms with Gasteiger partial charge in [-0.3, -0.25) is 14.6 Å². The number of pyridine rings is 1. The zero-order valence-corrected chi connectivity index (χ0v) is 21.2. The van der Waals surface area contributed by atoms with Crippen molar-refractivity contribution in [3.63, 3.8) is 0 Å². The maximum absolute atomic E-state index is 13.4. The Morgan fingerprint density at radius 1 is 0.947 bits per heavy atom. The number of nitrogens with one attached hydrogen (secondary N) is 3. The van der Waals surface area contributed by atoms with Crippen molar-refractivity contribution in [2.24, 2.45) is 0 Å². The Hall–Kier alpha value is -3.79. The minimum atomic E-state index is -4.56. The molecule has 0 radical (unpaired) electrons. The van der Waals surface area contributed by atoms with Crippen LogP contribution in [0.15, 0.2) is 60.8 Å². The number of hydrogen-bond acceptors (Lipinski definition) is 5. The first-order chi connectivity index (χ1) is 18.1. The molecule has 1 aromatic heterocycles. The molecule has 11 heteroatoms. The van der Waals surface area contributed by atoms with Crippen molar-refractivity contribution in [3.8, 4) is 11.5 Å². The third kappa shape index (κ3) is 6.36. The highest BCUT2D eigenvalue weighted by Crippen LogP contribution is 2.38. The highest BCUT2D eigenvalue weighted by molar-refractivity contribution is 6.31. The van der Waals surface area contributed by atoms with Crippen LogP contribution in [0.25, 0.3) is 0 Å². The number of carbonyl (C=O) groups excluding carboxylic acids is 2. The van der Waals surface area contributed by atoms with Crippen LogP contribution in [0.5, 0.6) is 11.5 Å². The predicted octanol–water partition coefficient (Wildman–Crippen LogP) is 6.66. The largest absolute Gasteiger partial charge is 0.457 e. The zero-order chi connectivity index (χ0) is 27.3.